The maximum Gasteiger partial charge on any atom is 0.306 e. The van der Waals surface area contributed by atoms with Crippen LogP contribution in [-0.2, 0) is 4.79 Å². The van der Waals surface area contributed by atoms with Crippen molar-refractivity contribution < 1.29 is 9.90 Å². The summed E-state index contributed by atoms with van der Waals surface area (Å²) in [6, 6.07) is 0. The van der Waals surface area contributed by atoms with Crippen LogP contribution in [0, 0.1) is 29.1 Å². The van der Waals surface area contributed by atoms with Gasteiger partial charge in [0, 0.05) is 0 Å². The number of carboxylic acids is 1. The van der Waals surface area contributed by atoms with Gasteiger partial charge >= 0.3 is 5.97 Å². The molecule has 1 N–H and O–H groups in total. The van der Waals surface area contributed by atoms with Crippen LogP contribution in [0.2, 0.25) is 0 Å². The monoisotopic (exact) mass is 266 g/mol. The Kier molecular flexibility index (Phi) is 4.58. The van der Waals surface area contributed by atoms with Crippen molar-refractivity contribution in [2.24, 2.45) is 29.1 Å². The lowest BCUT2D eigenvalue weighted by Crippen LogP contribution is -2.35. The summed E-state index contributed by atoms with van der Waals surface area (Å²) in [5, 5.41) is 9.42. The van der Waals surface area contributed by atoms with Crippen molar-refractivity contribution in [2.75, 3.05) is 0 Å². The Morgan fingerprint density at radius 1 is 0.947 bits per heavy atom. The van der Waals surface area contributed by atoms with E-state index in [2.05, 4.69) is 20.8 Å². The lowest BCUT2D eigenvalue weighted by atomic mass is 9.63. The summed E-state index contributed by atoms with van der Waals surface area (Å²) < 4.78 is 0. The number of hydrogen-bond donors (Lipinski definition) is 1. The highest BCUT2D eigenvalue weighted by Crippen LogP contribution is 2.46. The normalized spacial score (nSPS) is 37.0. The smallest absolute Gasteiger partial charge is 0.306 e. The molecule has 0 saturated heterocycles. The third-order valence-electron chi connectivity index (χ3n) is 5.74. The highest BCUT2D eigenvalue weighted by molar-refractivity contribution is 5.70. The minimum atomic E-state index is -0.539. The second kappa shape index (κ2) is 5.85. The average molecular weight is 266 g/mol. The third kappa shape index (κ3) is 3.52. The molecule has 2 atom stereocenters. The molecule has 2 rings (SSSR count). The van der Waals surface area contributed by atoms with Crippen LogP contribution in [0.3, 0.4) is 0 Å². The minimum Gasteiger partial charge on any atom is -0.481 e. The Labute approximate surface area is 118 Å². The maximum absolute atomic E-state index is 11.4. The molecule has 2 saturated carbocycles. The van der Waals surface area contributed by atoms with Crippen LogP contribution < -0.4 is 0 Å². The van der Waals surface area contributed by atoms with Crippen LogP contribution in [0.25, 0.3) is 0 Å². The predicted molar refractivity (Wildman–Crippen MR) is 78.0 cm³/mol. The molecule has 2 aliphatic rings. The van der Waals surface area contributed by atoms with Gasteiger partial charge in [-0.2, -0.15) is 0 Å². The van der Waals surface area contributed by atoms with Gasteiger partial charge in [-0.05, 0) is 61.7 Å². The van der Waals surface area contributed by atoms with Crippen molar-refractivity contribution >= 4 is 5.97 Å². The van der Waals surface area contributed by atoms with Gasteiger partial charge < -0.3 is 5.11 Å². The molecule has 2 nitrogen and oxygen atoms in total. The van der Waals surface area contributed by atoms with Crippen molar-refractivity contribution in [1.82, 2.24) is 0 Å². The van der Waals surface area contributed by atoms with Crippen molar-refractivity contribution in [3.05, 3.63) is 0 Å². The number of carboxylic acid groups (broad SMARTS) is 1. The van der Waals surface area contributed by atoms with E-state index in [-0.39, 0.29) is 5.92 Å². The van der Waals surface area contributed by atoms with Gasteiger partial charge in [0.2, 0.25) is 0 Å². The number of carbonyl (C=O) groups is 1. The van der Waals surface area contributed by atoms with Crippen LogP contribution in [0.4, 0.5) is 0 Å². The van der Waals surface area contributed by atoms with Crippen molar-refractivity contribution in [3.8, 4) is 0 Å². The first-order valence-corrected chi connectivity index (χ1v) is 8.12. The van der Waals surface area contributed by atoms with Gasteiger partial charge in [-0.25, -0.2) is 0 Å². The fourth-order valence-electron chi connectivity index (χ4n) is 4.44. The molecule has 110 valence electrons. The number of rotatable bonds is 2. The zero-order valence-corrected chi connectivity index (χ0v) is 12.8. The van der Waals surface area contributed by atoms with Crippen LogP contribution in [-0.4, -0.2) is 11.1 Å². The first kappa shape index (κ1) is 14.9. The molecule has 2 unspecified atom stereocenters. The lowest BCUT2D eigenvalue weighted by molar-refractivity contribution is -0.146. The van der Waals surface area contributed by atoms with Gasteiger partial charge in [-0.1, -0.05) is 33.6 Å². The first-order chi connectivity index (χ1) is 8.89. The maximum atomic E-state index is 11.4. The van der Waals surface area contributed by atoms with E-state index < -0.39 is 5.97 Å². The quantitative estimate of drug-likeness (QED) is 0.784. The van der Waals surface area contributed by atoms with Gasteiger partial charge in [-0.15, -0.1) is 0 Å². The Bertz CT molecular complexity index is 308. The standard InChI is InChI=1S/C17H30O2/c1-17(2,3)13-10-8-12(9-11-13)14-6-4-5-7-15(14)16(18)19/h12-15H,4-11H2,1-3H3,(H,18,19). The van der Waals surface area contributed by atoms with Crippen molar-refractivity contribution in [3.63, 3.8) is 0 Å². The zero-order valence-electron chi connectivity index (χ0n) is 12.8. The summed E-state index contributed by atoms with van der Waals surface area (Å²) in [6.07, 6.45) is 9.56. The van der Waals surface area contributed by atoms with Crippen LogP contribution in [0.15, 0.2) is 0 Å². The molecule has 0 heterocycles. The van der Waals surface area contributed by atoms with Gasteiger partial charge in [0.25, 0.3) is 0 Å². The minimum absolute atomic E-state index is 0.0510. The SMILES string of the molecule is CC(C)(C)C1CCC(C2CCCCC2C(=O)O)CC1. The Morgan fingerprint density at radius 2 is 1.53 bits per heavy atom. The molecule has 0 amide bonds. The van der Waals surface area contributed by atoms with Crippen molar-refractivity contribution in [2.45, 2.75) is 72.1 Å². The Morgan fingerprint density at radius 3 is 2.05 bits per heavy atom. The van der Waals surface area contributed by atoms with Crippen LogP contribution in [0.5, 0.6) is 0 Å². The Hall–Kier alpha value is -0.530. The number of aliphatic carboxylic acids is 1. The fraction of sp³-hybridized carbons (Fsp3) is 0.941. The van der Waals surface area contributed by atoms with Crippen LogP contribution >= 0.6 is 0 Å². The fourth-order valence-corrected chi connectivity index (χ4v) is 4.44. The molecule has 2 heteroatoms. The van der Waals surface area contributed by atoms with Gasteiger partial charge in [0.05, 0.1) is 5.92 Å². The molecule has 0 bridgehead atoms. The van der Waals surface area contributed by atoms with Crippen LogP contribution in [0.1, 0.15) is 72.1 Å². The highest BCUT2D eigenvalue weighted by atomic mass is 16.4. The number of hydrogen-bond acceptors (Lipinski definition) is 1. The van der Waals surface area contributed by atoms with Gasteiger partial charge in [0.1, 0.15) is 0 Å². The zero-order chi connectivity index (χ0) is 14.0. The summed E-state index contributed by atoms with van der Waals surface area (Å²) in [5.74, 6) is 1.38. The first-order valence-electron chi connectivity index (χ1n) is 8.12. The predicted octanol–water partition coefficient (Wildman–Crippen LogP) is 4.73. The third-order valence-corrected chi connectivity index (χ3v) is 5.74. The summed E-state index contributed by atoms with van der Waals surface area (Å²) in [6.45, 7) is 7.04. The molecule has 0 aromatic heterocycles. The van der Waals surface area contributed by atoms with Gasteiger partial charge in [-0.3, -0.25) is 4.79 Å². The summed E-state index contributed by atoms with van der Waals surface area (Å²) >= 11 is 0. The molecule has 0 spiro atoms. The lowest BCUT2D eigenvalue weighted by Gasteiger charge is -2.42. The Balaban J connectivity index is 1.94. The van der Waals surface area contributed by atoms with E-state index in [1.54, 1.807) is 0 Å². The average Bonchev–Trinajstić information content (AvgIpc) is 2.38. The topological polar surface area (TPSA) is 37.3 Å². The largest absolute Gasteiger partial charge is 0.481 e. The second-order valence-electron chi connectivity index (χ2n) is 7.87. The molecular weight excluding hydrogens is 236 g/mol. The molecule has 2 aliphatic carbocycles. The summed E-state index contributed by atoms with van der Waals surface area (Å²) in [5.41, 5.74) is 0.420. The molecular formula is C17H30O2. The second-order valence-corrected chi connectivity index (χ2v) is 7.87. The van der Waals surface area contributed by atoms with E-state index in [1.165, 1.54) is 32.1 Å². The molecule has 2 fully saturated rings. The van der Waals surface area contributed by atoms with E-state index in [9.17, 15) is 9.90 Å². The van der Waals surface area contributed by atoms with E-state index in [0.29, 0.717) is 17.3 Å². The van der Waals surface area contributed by atoms with E-state index >= 15 is 0 Å². The van der Waals surface area contributed by atoms with Crippen molar-refractivity contribution in [1.29, 1.82) is 0 Å². The highest BCUT2D eigenvalue weighted by Gasteiger charge is 2.39. The van der Waals surface area contributed by atoms with Gasteiger partial charge in [0.15, 0.2) is 0 Å². The molecule has 0 aliphatic heterocycles. The van der Waals surface area contributed by atoms with E-state index in [4.69, 9.17) is 0 Å². The molecule has 0 radical (unpaired) electrons. The molecule has 0 aromatic rings. The molecule has 0 aromatic carbocycles. The van der Waals surface area contributed by atoms with E-state index in [0.717, 1.165) is 25.2 Å². The van der Waals surface area contributed by atoms with E-state index in [1.807, 2.05) is 0 Å². The summed E-state index contributed by atoms with van der Waals surface area (Å²) in [7, 11) is 0. The molecule has 19 heavy (non-hydrogen) atoms. The summed E-state index contributed by atoms with van der Waals surface area (Å²) in [4.78, 5) is 11.4.